The van der Waals surface area contributed by atoms with E-state index in [1.165, 1.54) is 0 Å². The Balaban J connectivity index is 1.88. The quantitative estimate of drug-likeness (QED) is 0.428. The Morgan fingerprint density at radius 1 is 1.00 bits per heavy atom. The molecule has 4 saturated carbocycles. The van der Waals surface area contributed by atoms with Crippen LogP contribution in [0.3, 0.4) is 0 Å². The Labute approximate surface area is 152 Å². The number of alkyl halides is 6. The maximum absolute atomic E-state index is 13.0. The van der Waals surface area contributed by atoms with Gasteiger partial charge in [0.25, 0.3) is 5.60 Å². The minimum Gasteiger partial charge on any atom is -0.455 e. The molecule has 0 atom stereocenters. The highest BCUT2D eigenvalue weighted by molar-refractivity contribution is 5.91. The fourth-order valence-electron chi connectivity index (χ4n) is 5.68. The van der Waals surface area contributed by atoms with Gasteiger partial charge < -0.3 is 9.84 Å². The molecule has 3 nitrogen and oxygen atoms in total. The van der Waals surface area contributed by atoms with E-state index in [1.54, 1.807) is 6.92 Å². The van der Waals surface area contributed by atoms with Crippen molar-refractivity contribution in [2.75, 3.05) is 0 Å². The highest BCUT2D eigenvalue weighted by atomic mass is 19.4. The molecule has 4 aliphatic rings. The van der Waals surface area contributed by atoms with E-state index >= 15 is 0 Å². The molecule has 0 unspecified atom stereocenters. The minimum atomic E-state index is -6.15. The van der Waals surface area contributed by atoms with Gasteiger partial charge in [0.2, 0.25) is 0 Å². The van der Waals surface area contributed by atoms with Gasteiger partial charge in [-0.25, -0.2) is 4.79 Å². The van der Waals surface area contributed by atoms with Crippen molar-refractivity contribution < 1.29 is 41.0 Å². The van der Waals surface area contributed by atoms with Crippen LogP contribution in [0.4, 0.5) is 26.3 Å². The summed E-state index contributed by atoms with van der Waals surface area (Å²) in [7, 11) is 0. The summed E-state index contributed by atoms with van der Waals surface area (Å²) in [6.07, 6.45) is -7.90. The lowest BCUT2D eigenvalue weighted by Crippen LogP contribution is -2.62. The highest BCUT2D eigenvalue weighted by Gasteiger charge is 2.74. The van der Waals surface area contributed by atoms with Crippen molar-refractivity contribution in [1.82, 2.24) is 0 Å². The largest absolute Gasteiger partial charge is 0.455 e. The SMILES string of the molecule is C=C(C(=O)OC1(CC)C2CC3CC(C2)CC1C3)C(O)(C(F)(F)F)C(F)(F)F. The summed E-state index contributed by atoms with van der Waals surface area (Å²) in [4.78, 5) is 12.4. The van der Waals surface area contributed by atoms with E-state index in [2.05, 4.69) is 6.58 Å². The third-order valence-electron chi connectivity index (χ3n) is 6.86. The second-order valence-corrected chi connectivity index (χ2v) is 8.19. The van der Waals surface area contributed by atoms with Crippen LogP contribution in [0.2, 0.25) is 0 Å². The lowest BCUT2D eigenvalue weighted by atomic mass is 9.49. The van der Waals surface area contributed by atoms with E-state index in [1.807, 2.05) is 0 Å². The van der Waals surface area contributed by atoms with E-state index in [9.17, 15) is 36.2 Å². The van der Waals surface area contributed by atoms with Crippen LogP contribution in [0.5, 0.6) is 0 Å². The molecule has 4 fully saturated rings. The van der Waals surface area contributed by atoms with E-state index in [0.717, 1.165) is 32.1 Å². The number of rotatable bonds is 4. The van der Waals surface area contributed by atoms with Gasteiger partial charge in [0.05, 0.1) is 5.57 Å². The van der Waals surface area contributed by atoms with Gasteiger partial charge in [-0.2, -0.15) is 26.3 Å². The number of aliphatic hydroxyl groups is 1. The number of hydrogen-bond acceptors (Lipinski definition) is 3. The molecule has 0 aromatic carbocycles. The van der Waals surface area contributed by atoms with E-state index < -0.39 is 35.1 Å². The molecule has 0 saturated heterocycles. The number of halogens is 6. The van der Waals surface area contributed by atoms with Crippen molar-refractivity contribution in [3.05, 3.63) is 12.2 Å². The smallest absolute Gasteiger partial charge is 0.430 e. The Bertz CT molecular complexity index is 594. The molecular weight excluding hydrogens is 378 g/mol. The third kappa shape index (κ3) is 2.87. The van der Waals surface area contributed by atoms with Gasteiger partial charge in [-0.05, 0) is 62.2 Å². The zero-order chi connectivity index (χ0) is 20.4. The standard InChI is InChI=1S/C18H22F6O3/c1-3-15(12-5-10-4-11(7-12)8-13(15)6-10)27-14(25)9(2)16(26,17(19,20)21)18(22,23)24/h10-13,26H,2-8H2,1H3. The summed E-state index contributed by atoms with van der Waals surface area (Å²) in [6, 6.07) is 0. The van der Waals surface area contributed by atoms with Crippen LogP contribution in [0.25, 0.3) is 0 Å². The van der Waals surface area contributed by atoms with Crippen LogP contribution in [-0.4, -0.2) is 34.6 Å². The summed E-state index contributed by atoms with van der Waals surface area (Å²) < 4.78 is 83.5. The predicted molar refractivity (Wildman–Crippen MR) is 82.4 cm³/mol. The van der Waals surface area contributed by atoms with Crippen LogP contribution in [0.15, 0.2) is 12.2 Å². The molecule has 154 valence electrons. The van der Waals surface area contributed by atoms with Gasteiger partial charge in [-0.15, -0.1) is 0 Å². The maximum atomic E-state index is 13.0. The monoisotopic (exact) mass is 400 g/mol. The third-order valence-corrected chi connectivity index (χ3v) is 6.86. The van der Waals surface area contributed by atoms with Crippen molar-refractivity contribution in [2.45, 2.75) is 69.0 Å². The Morgan fingerprint density at radius 2 is 1.41 bits per heavy atom. The molecule has 0 aliphatic heterocycles. The average Bonchev–Trinajstić information content (AvgIpc) is 2.54. The van der Waals surface area contributed by atoms with Crippen molar-refractivity contribution in [3.8, 4) is 0 Å². The molecule has 9 heteroatoms. The summed E-state index contributed by atoms with van der Waals surface area (Å²) in [5, 5.41) is 9.41. The molecule has 0 aromatic rings. The molecule has 0 heterocycles. The second-order valence-electron chi connectivity index (χ2n) is 8.19. The predicted octanol–water partition coefficient (Wildman–Crippen LogP) is 4.55. The van der Waals surface area contributed by atoms with Gasteiger partial charge >= 0.3 is 18.3 Å². The molecule has 0 aromatic heterocycles. The fourth-order valence-corrected chi connectivity index (χ4v) is 5.68. The molecule has 0 spiro atoms. The van der Waals surface area contributed by atoms with Crippen LogP contribution in [0.1, 0.15) is 45.4 Å². The second kappa shape index (κ2) is 6.12. The minimum absolute atomic E-state index is 0.0830. The van der Waals surface area contributed by atoms with Gasteiger partial charge in [-0.3, -0.25) is 0 Å². The first kappa shape index (κ1) is 20.5. The van der Waals surface area contributed by atoms with Crippen molar-refractivity contribution in [1.29, 1.82) is 0 Å². The first-order valence-corrected chi connectivity index (χ1v) is 9.04. The Kier molecular flexibility index (Phi) is 4.65. The first-order chi connectivity index (χ1) is 12.3. The summed E-state index contributed by atoms with van der Waals surface area (Å²) >= 11 is 0. The topological polar surface area (TPSA) is 46.5 Å². The number of ether oxygens (including phenoxy) is 1. The molecule has 4 bridgehead atoms. The molecule has 4 rings (SSSR count). The molecule has 4 aliphatic carbocycles. The summed E-state index contributed by atoms with van der Waals surface area (Å²) in [6.45, 7) is 4.36. The lowest BCUT2D eigenvalue weighted by molar-refractivity contribution is -0.352. The molecule has 0 radical (unpaired) electrons. The van der Waals surface area contributed by atoms with Crippen molar-refractivity contribution >= 4 is 5.97 Å². The van der Waals surface area contributed by atoms with Crippen molar-refractivity contribution in [2.24, 2.45) is 23.7 Å². The average molecular weight is 400 g/mol. The Morgan fingerprint density at radius 3 is 1.74 bits per heavy atom. The number of carbonyl (C=O) groups is 1. The summed E-state index contributed by atoms with van der Waals surface area (Å²) in [5.74, 6) is -1.06. The zero-order valence-electron chi connectivity index (χ0n) is 14.8. The van der Waals surface area contributed by atoms with Crippen LogP contribution >= 0.6 is 0 Å². The van der Waals surface area contributed by atoms with E-state index in [0.29, 0.717) is 18.3 Å². The molecule has 27 heavy (non-hydrogen) atoms. The van der Waals surface area contributed by atoms with E-state index in [4.69, 9.17) is 4.74 Å². The van der Waals surface area contributed by atoms with Crippen LogP contribution in [0, 0.1) is 23.7 Å². The van der Waals surface area contributed by atoms with Crippen LogP contribution < -0.4 is 0 Å². The normalized spacial score (nSPS) is 36.0. The highest BCUT2D eigenvalue weighted by Crippen LogP contribution is 2.61. The van der Waals surface area contributed by atoms with Gasteiger partial charge in [0.1, 0.15) is 5.60 Å². The molecule has 0 amide bonds. The number of hydrogen-bond donors (Lipinski definition) is 1. The lowest BCUT2D eigenvalue weighted by Gasteiger charge is -2.60. The van der Waals surface area contributed by atoms with Crippen LogP contribution in [-0.2, 0) is 9.53 Å². The number of carbonyl (C=O) groups excluding carboxylic acids is 1. The number of esters is 1. The molecule has 1 N–H and O–H groups in total. The van der Waals surface area contributed by atoms with Gasteiger partial charge in [0.15, 0.2) is 0 Å². The zero-order valence-corrected chi connectivity index (χ0v) is 14.8. The van der Waals surface area contributed by atoms with E-state index in [-0.39, 0.29) is 11.8 Å². The molecular formula is C18H22F6O3. The van der Waals surface area contributed by atoms with Gasteiger partial charge in [-0.1, -0.05) is 13.5 Å². The first-order valence-electron chi connectivity index (χ1n) is 9.04. The summed E-state index contributed by atoms with van der Waals surface area (Å²) in [5.41, 5.74) is -8.46. The maximum Gasteiger partial charge on any atom is 0.430 e. The fraction of sp³-hybridized carbons (Fsp3) is 0.833. The Hall–Kier alpha value is -1.25. The van der Waals surface area contributed by atoms with Crippen molar-refractivity contribution in [3.63, 3.8) is 0 Å². The van der Waals surface area contributed by atoms with Gasteiger partial charge in [0, 0.05) is 0 Å².